The van der Waals surface area contributed by atoms with Gasteiger partial charge in [-0.15, -0.1) is 0 Å². The van der Waals surface area contributed by atoms with Crippen LogP contribution in [0.25, 0.3) is 11.0 Å². The van der Waals surface area contributed by atoms with Crippen molar-refractivity contribution in [2.45, 2.75) is 13.0 Å². The molecule has 1 aromatic carbocycles. The van der Waals surface area contributed by atoms with Gasteiger partial charge in [-0.1, -0.05) is 11.6 Å². The van der Waals surface area contributed by atoms with E-state index in [1.165, 1.54) is 0 Å². The number of aromatic nitrogens is 2. The van der Waals surface area contributed by atoms with Crippen molar-refractivity contribution in [3.63, 3.8) is 0 Å². The number of rotatable bonds is 3. The Morgan fingerprint density at radius 1 is 1.24 bits per heavy atom. The normalized spacial score (nSPS) is 12.6. The summed E-state index contributed by atoms with van der Waals surface area (Å²) in [4.78, 5) is 8.48. The van der Waals surface area contributed by atoms with Gasteiger partial charge in [-0.05, 0) is 19.1 Å². The molecule has 0 saturated carbocycles. The molecule has 0 saturated heterocycles. The molecular weight excluding hydrogens is 290 g/mol. The predicted octanol–water partition coefficient (Wildman–Crippen LogP) is 3.24. The minimum atomic E-state index is -0.491. The van der Waals surface area contributed by atoms with Gasteiger partial charge in [-0.3, -0.25) is 9.97 Å². The molecular formula is C15H14ClN3O2. The van der Waals surface area contributed by atoms with E-state index < -0.39 is 6.04 Å². The molecule has 108 valence electrons. The summed E-state index contributed by atoms with van der Waals surface area (Å²) in [6, 6.07) is 4.87. The van der Waals surface area contributed by atoms with E-state index in [1.807, 2.05) is 19.1 Å². The zero-order chi connectivity index (χ0) is 15.0. The van der Waals surface area contributed by atoms with Gasteiger partial charge >= 0.3 is 0 Å². The van der Waals surface area contributed by atoms with Crippen molar-refractivity contribution in [3.05, 3.63) is 52.8 Å². The minimum absolute atomic E-state index is 0.491. The number of benzene rings is 1. The molecule has 5 nitrogen and oxygen atoms in total. The quantitative estimate of drug-likeness (QED) is 0.804. The van der Waals surface area contributed by atoms with E-state index in [9.17, 15) is 0 Å². The molecule has 2 N–H and O–H groups in total. The number of halogens is 1. The SMILES string of the molecule is COc1cc(Cl)cc2cc(C(N)c3nccnc3C)oc12. The molecule has 6 heteroatoms. The number of nitrogens with zero attached hydrogens (tertiary/aromatic N) is 2. The molecule has 2 heterocycles. The van der Waals surface area contributed by atoms with Crippen molar-refractivity contribution in [1.82, 2.24) is 9.97 Å². The van der Waals surface area contributed by atoms with Gasteiger partial charge in [0.25, 0.3) is 0 Å². The van der Waals surface area contributed by atoms with Gasteiger partial charge in [0, 0.05) is 28.9 Å². The third-order valence-electron chi connectivity index (χ3n) is 3.31. The highest BCUT2D eigenvalue weighted by atomic mass is 35.5. The molecule has 1 atom stereocenters. The fraction of sp³-hybridized carbons (Fsp3) is 0.200. The molecule has 0 radical (unpaired) electrons. The molecule has 1 unspecified atom stereocenters. The molecule has 0 bridgehead atoms. The topological polar surface area (TPSA) is 74.2 Å². The number of aryl methyl sites for hydroxylation is 1. The second-order valence-electron chi connectivity index (χ2n) is 4.68. The lowest BCUT2D eigenvalue weighted by molar-refractivity contribution is 0.406. The Morgan fingerprint density at radius 3 is 2.71 bits per heavy atom. The van der Waals surface area contributed by atoms with Crippen molar-refractivity contribution in [3.8, 4) is 5.75 Å². The zero-order valence-electron chi connectivity index (χ0n) is 11.6. The van der Waals surface area contributed by atoms with Crippen molar-refractivity contribution in [2.24, 2.45) is 5.73 Å². The maximum Gasteiger partial charge on any atom is 0.176 e. The van der Waals surface area contributed by atoms with Crippen LogP contribution < -0.4 is 10.5 Å². The van der Waals surface area contributed by atoms with Gasteiger partial charge in [0.1, 0.15) is 11.8 Å². The second-order valence-corrected chi connectivity index (χ2v) is 5.12. The van der Waals surface area contributed by atoms with Crippen molar-refractivity contribution in [1.29, 1.82) is 0 Å². The number of hydrogen-bond donors (Lipinski definition) is 1. The van der Waals surface area contributed by atoms with Gasteiger partial charge in [0.2, 0.25) is 0 Å². The van der Waals surface area contributed by atoms with Crippen LogP contribution in [0.15, 0.2) is 35.0 Å². The van der Waals surface area contributed by atoms with E-state index in [2.05, 4.69) is 9.97 Å². The fourth-order valence-corrected chi connectivity index (χ4v) is 2.49. The summed E-state index contributed by atoms with van der Waals surface area (Å²) in [7, 11) is 1.57. The molecule has 0 amide bonds. The van der Waals surface area contributed by atoms with Crippen molar-refractivity contribution >= 4 is 22.6 Å². The minimum Gasteiger partial charge on any atom is -0.493 e. The van der Waals surface area contributed by atoms with Gasteiger partial charge in [0.15, 0.2) is 11.3 Å². The maximum absolute atomic E-state index is 6.24. The van der Waals surface area contributed by atoms with E-state index in [0.29, 0.717) is 27.8 Å². The molecule has 21 heavy (non-hydrogen) atoms. The van der Waals surface area contributed by atoms with Crippen LogP contribution in [0, 0.1) is 6.92 Å². The third-order valence-corrected chi connectivity index (χ3v) is 3.52. The van der Waals surface area contributed by atoms with Gasteiger partial charge in [0.05, 0.1) is 18.5 Å². The summed E-state index contributed by atoms with van der Waals surface area (Å²) in [6.45, 7) is 1.86. The molecule has 0 spiro atoms. The number of methoxy groups -OCH3 is 1. The van der Waals surface area contributed by atoms with Crippen LogP contribution in [-0.4, -0.2) is 17.1 Å². The fourth-order valence-electron chi connectivity index (χ4n) is 2.27. The van der Waals surface area contributed by atoms with E-state index in [-0.39, 0.29) is 0 Å². The Hall–Kier alpha value is -2.11. The number of fused-ring (bicyclic) bond motifs is 1. The molecule has 3 aromatic rings. The van der Waals surface area contributed by atoms with Crippen LogP contribution >= 0.6 is 11.6 Å². The Balaban J connectivity index is 2.11. The standard InChI is InChI=1S/C15H14ClN3O2/c1-8-14(19-4-3-18-8)13(17)11-6-9-5-10(16)7-12(20-2)15(9)21-11/h3-7,13H,17H2,1-2H3. The van der Waals surface area contributed by atoms with Crippen LogP contribution in [0.4, 0.5) is 0 Å². The molecule has 0 aliphatic carbocycles. The van der Waals surface area contributed by atoms with E-state index >= 15 is 0 Å². The highest BCUT2D eigenvalue weighted by molar-refractivity contribution is 6.31. The van der Waals surface area contributed by atoms with Crippen LogP contribution in [-0.2, 0) is 0 Å². The van der Waals surface area contributed by atoms with E-state index in [0.717, 1.165) is 11.1 Å². The number of hydrogen-bond acceptors (Lipinski definition) is 5. The Labute approximate surface area is 126 Å². The summed E-state index contributed by atoms with van der Waals surface area (Å²) in [5.74, 6) is 1.17. The average molecular weight is 304 g/mol. The first-order valence-electron chi connectivity index (χ1n) is 6.40. The lowest BCUT2D eigenvalue weighted by Crippen LogP contribution is -2.14. The molecule has 2 aromatic heterocycles. The first-order valence-corrected chi connectivity index (χ1v) is 6.78. The maximum atomic E-state index is 6.24. The highest BCUT2D eigenvalue weighted by Crippen LogP contribution is 2.34. The predicted molar refractivity (Wildman–Crippen MR) is 80.6 cm³/mol. The van der Waals surface area contributed by atoms with Gasteiger partial charge < -0.3 is 14.9 Å². The van der Waals surface area contributed by atoms with Crippen LogP contribution in [0.5, 0.6) is 5.75 Å². The van der Waals surface area contributed by atoms with Crippen LogP contribution in [0.3, 0.4) is 0 Å². The third kappa shape index (κ3) is 2.46. The van der Waals surface area contributed by atoms with Gasteiger partial charge in [-0.25, -0.2) is 0 Å². The monoisotopic (exact) mass is 303 g/mol. The van der Waals surface area contributed by atoms with Crippen LogP contribution in [0.1, 0.15) is 23.2 Å². The average Bonchev–Trinajstić information content (AvgIpc) is 2.90. The van der Waals surface area contributed by atoms with E-state index in [4.69, 9.17) is 26.5 Å². The first kappa shape index (κ1) is 13.9. The van der Waals surface area contributed by atoms with E-state index in [1.54, 1.807) is 25.6 Å². The second kappa shape index (κ2) is 5.35. The smallest absolute Gasteiger partial charge is 0.176 e. The molecule has 3 rings (SSSR count). The summed E-state index contributed by atoms with van der Waals surface area (Å²) in [5, 5.41) is 1.42. The Kier molecular flexibility index (Phi) is 3.53. The lowest BCUT2D eigenvalue weighted by atomic mass is 10.1. The van der Waals surface area contributed by atoms with Crippen molar-refractivity contribution < 1.29 is 9.15 Å². The number of furan rings is 1. The molecule has 0 aliphatic rings. The summed E-state index contributed by atoms with van der Waals surface area (Å²) in [6.07, 6.45) is 3.25. The molecule has 0 aliphatic heterocycles. The summed E-state index contributed by atoms with van der Waals surface area (Å²) in [5.41, 5.74) is 8.32. The molecule has 0 fully saturated rings. The number of ether oxygens (including phenoxy) is 1. The highest BCUT2D eigenvalue weighted by Gasteiger charge is 2.19. The Bertz CT molecular complexity index is 801. The lowest BCUT2D eigenvalue weighted by Gasteiger charge is -2.09. The van der Waals surface area contributed by atoms with Crippen molar-refractivity contribution in [2.75, 3.05) is 7.11 Å². The summed E-state index contributed by atoms with van der Waals surface area (Å²) >= 11 is 6.06. The Morgan fingerprint density at radius 2 is 2.00 bits per heavy atom. The van der Waals surface area contributed by atoms with Gasteiger partial charge in [-0.2, -0.15) is 0 Å². The largest absolute Gasteiger partial charge is 0.493 e. The number of nitrogens with two attached hydrogens (primary N) is 1. The summed E-state index contributed by atoms with van der Waals surface area (Å²) < 4.78 is 11.1. The zero-order valence-corrected chi connectivity index (χ0v) is 12.4. The first-order chi connectivity index (χ1) is 10.1. The van der Waals surface area contributed by atoms with Crippen LogP contribution in [0.2, 0.25) is 5.02 Å².